The van der Waals surface area contributed by atoms with Gasteiger partial charge in [-0.25, -0.2) is 0 Å². The van der Waals surface area contributed by atoms with Crippen LogP contribution in [-0.2, 0) is 14.4 Å². The lowest BCUT2D eigenvalue weighted by molar-refractivity contribution is -0.144. The molecule has 0 aromatic heterocycles. The molecule has 0 saturated carbocycles. The van der Waals surface area contributed by atoms with Gasteiger partial charge in [0, 0.05) is 38.0 Å². The molecule has 38 heavy (non-hydrogen) atoms. The maximum Gasteiger partial charge on any atom is 0.251 e. The standard InChI is InChI=1S/C29H38ClN3O4S/c1-5-13-31(14-6-2)26(35)23-22-18-19(4)29(38-22)24(23)27(36)33(16-10-17-34)25(29)28(37)32(15-7-3)21-12-9-8-11-20(21)30/h5,7-9,11-12,19,22-25,34H,1,3,6,10,13-18H2,2,4H3/t19?,22-,23+,24-,25?,29?/m0/s1. The Hall–Kier alpha value is -2.29. The highest BCUT2D eigenvalue weighted by Gasteiger charge is 2.76. The van der Waals surface area contributed by atoms with Crippen molar-refractivity contribution in [3.8, 4) is 0 Å². The van der Waals surface area contributed by atoms with E-state index in [1.807, 2.05) is 19.1 Å². The molecule has 1 spiro atoms. The molecule has 0 aliphatic carbocycles. The number of thioether (sulfide) groups is 1. The highest BCUT2D eigenvalue weighted by molar-refractivity contribution is 8.02. The summed E-state index contributed by atoms with van der Waals surface area (Å²) < 4.78 is -0.735. The lowest BCUT2D eigenvalue weighted by Crippen LogP contribution is -2.57. The SMILES string of the molecule is C=CCN(CCC)C(=O)[C@@H]1[C@@H]2CC(C)C3(S2)C(C(=O)N(CC=C)c2ccccc2Cl)N(CCCO)C(=O)[C@H]13. The van der Waals surface area contributed by atoms with Crippen molar-refractivity contribution in [2.24, 2.45) is 17.8 Å². The maximum absolute atomic E-state index is 14.5. The van der Waals surface area contributed by atoms with Crippen LogP contribution in [0.2, 0.25) is 5.02 Å². The van der Waals surface area contributed by atoms with Crippen LogP contribution in [0, 0.1) is 17.8 Å². The number of benzene rings is 1. The summed E-state index contributed by atoms with van der Waals surface area (Å²) in [5, 5.41) is 10.0. The number of anilines is 1. The lowest BCUT2D eigenvalue weighted by atomic mass is 9.65. The smallest absolute Gasteiger partial charge is 0.251 e. The van der Waals surface area contributed by atoms with Crippen LogP contribution in [0.15, 0.2) is 49.6 Å². The fourth-order valence-corrected chi connectivity index (χ4v) is 9.39. The van der Waals surface area contributed by atoms with Gasteiger partial charge in [-0.2, -0.15) is 0 Å². The molecular formula is C29H38ClN3O4S. The second-order valence-electron chi connectivity index (χ2n) is 10.4. The minimum Gasteiger partial charge on any atom is -0.396 e. The number of rotatable bonds is 12. The molecule has 3 aliphatic rings. The number of aliphatic hydroxyl groups is 1. The highest BCUT2D eigenvalue weighted by Crippen LogP contribution is 2.69. The molecule has 3 amide bonds. The quantitative estimate of drug-likeness (QED) is 0.391. The number of hydrogen-bond acceptors (Lipinski definition) is 5. The second-order valence-corrected chi connectivity index (χ2v) is 12.4. The molecule has 3 aliphatic heterocycles. The molecule has 0 radical (unpaired) electrons. The molecule has 7 nitrogen and oxygen atoms in total. The van der Waals surface area contributed by atoms with Crippen molar-refractivity contribution in [1.29, 1.82) is 0 Å². The average Bonchev–Trinajstić information content (AvgIpc) is 3.49. The van der Waals surface area contributed by atoms with Crippen LogP contribution in [0.1, 0.15) is 33.1 Å². The van der Waals surface area contributed by atoms with Crippen LogP contribution in [-0.4, -0.2) is 81.5 Å². The highest BCUT2D eigenvalue weighted by atomic mass is 35.5. The van der Waals surface area contributed by atoms with Gasteiger partial charge in [0.1, 0.15) is 6.04 Å². The number of carbonyl (C=O) groups is 3. The molecule has 3 heterocycles. The minimum atomic E-state index is -0.774. The molecule has 6 atom stereocenters. The zero-order chi connectivity index (χ0) is 27.6. The van der Waals surface area contributed by atoms with E-state index in [1.54, 1.807) is 50.7 Å². The number of amides is 3. The molecule has 3 saturated heterocycles. The van der Waals surface area contributed by atoms with Crippen LogP contribution in [0.5, 0.6) is 0 Å². The van der Waals surface area contributed by atoms with E-state index < -0.39 is 22.6 Å². The van der Waals surface area contributed by atoms with Crippen molar-refractivity contribution in [3.05, 3.63) is 54.6 Å². The predicted molar refractivity (Wildman–Crippen MR) is 153 cm³/mol. The van der Waals surface area contributed by atoms with E-state index in [0.717, 1.165) is 12.8 Å². The molecule has 4 rings (SSSR count). The van der Waals surface area contributed by atoms with Gasteiger partial charge in [0.05, 0.1) is 27.3 Å². The monoisotopic (exact) mass is 559 g/mol. The van der Waals surface area contributed by atoms with E-state index in [9.17, 15) is 19.5 Å². The Kier molecular flexibility index (Phi) is 8.95. The Morgan fingerprint density at radius 1 is 1.24 bits per heavy atom. The third kappa shape index (κ3) is 4.58. The van der Waals surface area contributed by atoms with Gasteiger partial charge in [0.25, 0.3) is 5.91 Å². The van der Waals surface area contributed by atoms with E-state index >= 15 is 0 Å². The first-order chi connectivity index (χ1) is 18.3. The third-order valence-electron chi connectivity index (χ3n) is 8.20. The summed E-state index contributed by atoms with van der Waals surface area (Å²) in [5.41, 5.74) is 0.561. The van der Waals surface area contributed by atoms with Crippen molar-refractivity contribution in [2.45, 2.75) is 49.1 Å². The summed E-state index contributed by atoms with van der Waals surface area (Å²) >= 11 is 8.18. The largest absolute Gasteiger partial charge is 0.396 e. The Morgan fingerprint density at radius 2 is 1.95 bits per heavy atom. The summed E-state index contributed by atoms with van der Waals surface area (Å²) in [6.45, 7) is 13.2. The molecule has 206 valence electrons. The fraction of sp³-hybridized carbons (Fsp3) is 0.552. The number of nitrogens with zero attached hydrogens (tertiary/aromatic N) is 3. The van der Waals surface area contributed by atoms with E-state index in [-0.39, 0.29) is 48.6 Å². The number of likely N-dealkylation sites (tertiary alicyclic amines) is 1. The number of para-hydroxylation sites is 1. The first kappa shape index (κ1) is 28.7. The van der Waals surface area contributed by atoms with Crippen molar-refractivity contribution in [3.63, 3.8) is 0 Å². The molecular weight excluding hydrogens is 522 g/mol. The Labute approximate surface area is 234 Å². The van der Waals surface area contributed by atoms with Crippen LogP contribution < -0.4 is 4.90 Å². The number of aliphatic hydroxyl groups excluding tert-OH is 1. The maximum atomic E-state index is 14.5. The van der Waals surface area contributed by atoms with E-state index in [1.165, 1.54) is 0 Å². The Bertz CT molecular complexity index is 1100. The average molecular weight is 560 g/mol. The van der Waals surface area contributed by atoms with Crippen molar-refractivity contribution >= 4 is 46.8 Å². The summed E-state index contributed by atoms with van der Waals surface area (Å²) in [6, 6.07) is 6.39. The van der Waals surface area contributed by atoms with Gasteiger partial charge in [-0.15, -0.1) is 24.9 Å². The molecule has 3 unspecified atom stereocenters. The first-order valence-corrected chi connectivity index (χ1v) is 14.7. The minimum absolute atomic E-state index is 0.0272. The van der Waals surface area contributed by atoms with Gasteiger partial charge >= 0.3 is 0 Å². The van der Waals surface area contributed by atoms with Crippen molar-refractivity contribution in [2.75, 3.05) is 37.7 Å². The van der Waals surface area contributed by atoms with Crippen molar-refractivity contribution in [1.82, 2.24) is 9.80 Å². The molecule has 9 heteroatoms. The zero-order valence-electron chi connectivity index (χ0n) is 22.2. The first-order valence-electron chi connectivity index (χ1n) is 13.4. The predicted octanol–water partition coefficient (Wildman–Crippen LogP) is 4.00. The van der Waals surface area contributed by atoms with Crippen LogP contribution in [0.4, 0.5) is 5.69 Å². The Balaban J connectivity index is 1.80. The van der Waals surface area contributed by atoms with Gasteiger partial charge in [0.2, 0.25) is 11.8 Å². The van der Waals surface area contributed by atoms with E-state index in [4.69, 9.17) is 11.6 Å². The molecule has 2 bridgehead atoms. The summed E-state index contributed by atoms with van der Waals surface area (Å²) in [7, 11) is 0. The molecule has 1 aromatic carbocycles. The van der Waals surface area contributed by atoms with Crippen LogP contribution in [0.3, 0.4) is 0 Å². The summed E-state index contributed by atoms with van der Waals surface area (Å²) in [4.78, 5) is 47.7. The third-order valence-corrected chi connectivity index (χ3v) is 10.6. The fourth-order valence-electron chi connectivity index (χ4n) is 6.74. The summed E-state index contributed by atoms with van der Waals surface area (Å²) in [6.07, 6.45) is 5.30. The van der Waals surface area contributed by atoms with Gasteiger partial charge in [-0.3, -0.25) is 14.4 Å². The summed E-state index contributed by atoms with van der Waals surface area (Å²) in [5.74, 6) is -1.44. The normalized spacial score (nSPS) is 29.3. The number of fused-ring (bicyclic) bond motifs is 1. The molecule has 3 fully saturated rings. The number of halogens is 1. The Morgan fingerprint density at radius 3 is 2.58 bits per heavy atom. The molecule has 1 N–H and O–H groups in total. The van der Waals surface area contributed by atoms with Gasteiger partial charge in [-0.05, 0) is 37.3 Å². The van der Waals surface area contributed by atoms with Crippen molar-refractivity contribution < 1.29 is 19.5 Å². The number of carbonyl (C=O) groups excluding carboxylic acids is 3. The van der Waals surface area contributed by atoms with Gasteiger partial charge < -0.3 is 19.8 Å². The van der Waals surface area contributed by atoms with E-state index in [2.05, 4.69) is 20.1 Å². The topological polar surface area (TPSA) is 81.2 Å². The zero-order valence-corrected chi connectivity index (χ0v) is 23.8. The van der Waals surface area contributed by atoms with E-state index in [0.29, 0.717) is 30.2 Å². The van der Waals surface area contributed by atoms with Gasteiger partial charge in [0.15, 0.2) is 0 Å². The number of hydrogen-bond donors (Lipinski definition) is 1. The van der Waals surface area contributed by atoms with Gasteiger partial charge in [-0.1, -0.05) is 49.7 Å². The second kappa shape index (κ2) is 11.8. The van der Waals surface area contributed by atoms with Crippen LogP contribution >= 0.6 is 23.4 Å². The molecule has 1 aromatic rings. The van der Waals surface area contributed by atoms with Crippen LogP contribution in [0.25, 0.3) is 0 Å². The lowest BCUT2D eigenvalue weighted by Gasteiger charge is -2.41.